The molecule has 2 atom stereocenters. The first kappa shape index (κ1) is 16.6. The van der Waals surface area contributed by atoms with E-state index < -0.39 is 11.6 Å². The van der Waals surface area contributed by atoms with Crippen molar-refractivity contribution in [1.29, 1.82) is 0 Å². The van der Waals surface area contributed by atoms with Gasteiger partial charge in [0.05, 0.1) is 0 Å². The van der Waals surface area contributed by atoms with Gasteiger partial charge in [-0.25, -0.2) is 8.78 Å². The summed E-state index contributed by atoms with van der Waals surface area (Å²) in [6, 6.07) is 10.6. The minimum Gasteiger partial charge on any atom is -0.339 e. The molecule has 0 bridgehead atoms. The van der Waals surface area contributed by atoms with E-state index in [2.05, 4.69) is 6.92 Å². The quantitative estimate of drug-likeness (QED) is 0.785. The first-order valence-corrected chi connectivity index (χ1v) is 8.28. The second-order valence-corrected chi connectivity index (χ2v) is 6.69. The van der Waals surface area contributed by atoms with Crippen molar-refractivity contribution >= 4 is 5.91 Å². The second-order valence-electron chi connectivity index (χ2n) is 6.69. The Kier molecular flexibility index (Phi) is 4.65. The minimum atomic E-state index is -0.605. The van der Waals surface area contributed by atoms with Gasteiger partial charge >= 0.3 is 0 Å². The third kappa shape index (κ3) is 3.32. The fourth-order valence-corrected chi connectivity index (χ4v) is 3.41. The molecule has 0 heterocycles. The van der Waals surface area contributed by atoms with Gasteiger partial charge in [0.15, 0.2) is 0 Å². The molecule has 1 saturated carbocycles. The highest BCUT2D eigenvalue weighted by molar-refractivity contribution is 5.94. The van der Waals surface area contributed by atoms with Gasteiger partial charge in [-0.2, -0.15) is 0 Å². The van der Waals surface area contributed by atoms with Crippen LogP contribution in [-0.4, -0.2) is 23.9 Å². The van der Waals surface area contributed by atoms with E-state index >= 15 is 0 Å². The number of hydrogen-bond acceptors (Lipinski definition) is 1. The maximum absolute atomic E-state index is 13.8. The van der Waals surface area contributed by atoms with E-state index in [1.54, 1.807) is 24.3 Å². The summed E-state index contributed by atoms with van der Waals surface area (Å²) in [4.78, 5) is 14.4. The summed E-state index contributed by atoms with van der Waals surface area (Å²) in [5, 5.41) is 0. The number of nitrogens with zero attached hydrogens (tertiary/aromatic N) is 1. The van der Waals surface area contributed by atoms with E-state index in [-0.39, 0.29) is 5.91 Å². The highest BCUT2D eigenvalue weighted by atomic mass is 19.1. The van der Waals surface area contributed by atoms with E-state index in [1.165, 1.54) is 12.1 Å². The van der Waals surface area contributed by atoms with Crippen LogP contribution in [0.15, 0.2) is 42.5 Å². The van der Waals surface area contributed by atoms with Crippen molar-refractivity contribution in [1.82, 2.24) is 4.90 Å². The lowest BCUT2D eigenvalue weighted by Crippen LogP contribution is -2.35. The van der Waals surface area contributed by atoms with Gasteiger partial charge in [-0.1, -0.05) is 19.1 Å². The summed E-state index contributed by atoms with van der Waals surface area (Å²) >= 11 is 0. The molecule has 1 aliphatic carbocycles. The summed E-state index contributed by atoms with van der Waals surface area (Å²) in [6.45, 7) is 2.21. The van der Waals surface area contributed by atoms with E-state index in [9.17, 15) is 13.6 Å². The van der Waals surface area contributed by atoms with Crippen molar-refractivity contribution in [2.24, 2.45) is 5.92 Å². The van der Waals surface area contributed by atoms with Crippen LogP contribution in [0, 0.1) is 17.6 Å². The van der Waals surface area contributed by atoms with Crippen molar-refractivity contribution in [3.05, 3.63) is 59.7 Å². The van der Waals surface area contributed by atoms with Crippen LogP contribution in [0.5, 0.6) is 0 Å². The minimum absolute atomic E-state index is 0.0137. The van der Waals surface area contributed by atoms with Crippen LogP contribution in [0.3, 0.4) is 0 Å². The molecule has 4 heteroatoms. The van der Waals surface area contributed by atoms with E-state index in [0.29, 0.717) is 28.7 Å². The Morgan fingerprint density at radius 1 is 1.08 bits per heavy atom. The van der Waals surface area contributed by atoms with Crippen LogP contribution in [0.25, 0.3) is 11.1 Å². The summed E-state index contributed by atoms with van der Waals surface area (Å²) in [6.07, 6.45) is 3.24. The zero-order valence-corrected chi connectivity index (χ0v) is 13.9. The van der Waals surface area contributed by atoms with Crippen LogP contribution < -0.4 is 0 Å². The Labute approximate surface area is 141 Å². The van der Waals surface area contributed by atoms with Crippen LogP contribution in [0.1, 0.15) is 36.5 Å². The molecule has 1 amide bonds. The first-order chi connectivity index (χ1) is 11.5. The van der Waals surface area contributed by atoms with Crippen molar-refractivity contribution in [3.8, 4) is 11.1 Å². The highest BCUT2D eigenvalue weighted by Crippen LogP contribution is 2.29. The van der Waals surface area contributed by atoms with Crippen molar-refractivity contribution in [2.75, 3.05) is 7.05 Å². The monoisotopic (exact) mass is 329 g/mol. The molecule has 3 rings (SSSR count). The molecule has 2 aromatic carbocycles. The van der Waals surface area contributed by atoms with E-state index in [4.69, 9.17) is 0 Å². The normalized spacial score (nSPS) is 20.2. The van der Waals surface area contributed by atoms with Gasteiger partial charge in [0, 0.05) is 30.3 Å². The molecule has 0 saturated heterocycles. The number of halogens is 2. The van der Waals surface area contributed by atoms with Crippen LogP contribution >= 0.6 is 0 Å². The topological polar surface area (TPSA) is 20.3 Å². The number of amides is 1. The summed E-state index contributed by atoms with van der Waals surface area (Å²) < 4.78 is 26.9. The fraction of sp³-hybridized carbons (Fsp3) is 0.350. The largest absolute Gasteiger partial charge is 0.339 e. The van der Waals surface area contributed by atoms with Gasteiger partial charge in [-0.3, -0.25) is 4.79 Å². The maximum Gasteiger partial charge on any atom is 0.253 e. The zero-order chi connectivity index (χ0) is 17.3. The average molecular weight is 329 g/mol. The molecule has 0 aromatic heterocycles. The molecule has 2 nitrogen and oxygen atoms in total. The summed E-state index contributed by atoms with van der Waals surface area (Å²) in [5.74, 6) is -0.559. The predicted octanol–water partition coefficient (Wildman–Crippen LogP) is 4.89. The molecule has 0 aliphatic heterocycles. The molecule has 0 N–H and O–H groups in total. The lowest BCUT2D eigenvalue weighted by atomic mass is 10.0. The Morgan fingerprint density at radius 3 is 2.38 bits per heavy atom. The molecule has 126 valence electrons. The van der Waals surface area contributed by atoms with Gasteiger partial charge in [-0.05, 0) is 55.0 Å². The van der Waals surface area contributed by atoms with Crippen LogP contribution in [0.4, 0.5) is 8.78 Å². The first-order valence-electron chi connectivity index (χ1n) is 8.28. The standard InChI is InChI=1S/C20H21F2NO/c1-13-3-9-17(11-13)23(2)20(24)15-6-4-14(5-7-15)18-10-8-16(21)12-19(18)22/h4-8,10,12-13,17H,3,9,11H2,1-2H3/t13?,17-/m0/s1. The SMILES string of the molecule is CC1CC[C@H](N(C)C(=O)c2ccc(-c3ccc(F)cc3F)cc2)C1. The lowest BCUT2D eigenvalue weighted by molar-refractivity contribution is 0.0733. The summed E-state index contributed by atoms with van der Waals surface area (Å²) in [7, 11) is 1.85. The van der Waals surface area contributed by atoms with Gasteiger partial charge in [0.2, 0.25) is 0 Å². The number of hydrogen-bond donors (Lipinski definition) is 0. The maximum atomic E-state index is 13.8. The molecule has 1 fully saturated rings. The van der Waals surface area contributed by atoms with E-state index in [0.717, 1.165) is 25.3 Å². The van der Waals surface area contributed by atoms with Gasteiger partial charge in [-0.15, -0.1) is 0 Å². The lowest BCUT2D eigenvalue weighted by Gasteiger charge is -2.24. The molecule has 1 unspecified atom stereocenters. The van der Waals surface area contributed by atoms with Crippen LogP contribution in [0.2, 0.25) is 0 Å². The van der Waals surface area contributed by atoms with Gasteiger partial charge in [0.1, 0.15) is 11.6 Å². The number of carbonyl (C=O) groups is 1. The molecule has 0 spiro atoms. The molecular weight excluding hydrogens is 308 g/mol. The second kappa shape index (κ2) is 6.71. The molecular formula is C20H21F2NO. The smallest absolute Gasteiger partial charge is 0.253 e. The Hall–Kier alpha value is -2.23. The Morgan fingerprint density at radius 2 is 1.79 bits per heavy atom. The third-order valence-electron chi connectivity index (χ3n) is 4.91. The third-order valence-corrected chi connectivity index (χ3v) is 4.91. The Balaban J connectivity index is 1.77. The van der Waals surface area contributed by atoms with E-state index in [1.807, 2.05) is 11.9 Å². The summed E-state index contributed by atoms with van der Waals surface area (Å²) in [5.41, 5.74) is 1.54. The van der Waals surface area contributed by atoms with Crippen molar-refractivity contribution in [2.45, 2.75) is 32.2 Å². The van der Waals surface area contributed by atoms with Crippen molar-refractivity contribution < 1.29 is 13.6 Å². The highest BCUT2D eigenvalue weighted by Gasteiger charge is 2.28. The Bertz CT molecular complexity index is 742. The molecule has 2 aromatic rings. The van der Waals surface area contributed by atoms with Gasteiger partial charge in [0.25, 0.3) is 5.91 Å². The van der Waals surface area contributed by atoms with Gasteiger partial charge < -0.3 is 4.90 Å². The average Bonchev–Trinajstić information content (AvgIpc) is 3.00. The number of carbonyl (C=O) groups excluding carboxylic acids is 1. The number of rotatable bonds is 3. The zero-order valence-electron chi connectivity index (χ0n) is 13.9. The fourth-order valence-electron chi connectivity index (χ4n) is 3.41. The molecule has 1 aliphatic rings. The van der Waals surface area contributed by atoms with Crippen LogP contribution in [-0.2, 0) is 0 Å². The molecule has 24 heavy (non-hydrogen) atoms. The number of benzene rings is 2. The van der Waals surface area contributed by atoms with Crippen molar-refractivity contribution in [3.63, 3.8) is 0 Å². The predicted molar refractivity (Wildman–Crippen MR) is 90.7 cm³/mol. The molecule has 0 radical (unpaired) electrons.